The molecule has 1 aromatic heterocycles. The lowest BCUT2D eigenvalue weighted by atomic mass is 10.2. The summed E-state index contributed by atoms with van der Waals surface area (Å²) in [4.78, 5) is 6.90. The van der Waals surface area contributed by atoms with Crippen LogP contribution in [0.25, 0.3) is 0 Å². The van der Waals surface area contributed by atoms with Crippen LogP contribution in [0.2, 0.25) is 0 Å². The zero-order valence-electron chi connectivity index (χ0n) is 8.95. The minimum absolute atomic E-state index is 0.688. The topological polar surface area (TPSA) is 47.1 Å². The Labute approximate surface area is 84.7 Å². The van der Waals surface area contributed by atoms with Crippen molar-refractivity contribution in [3.63, 3.8) is 0 Å². The highest BCUT2D eigenvalue weighted by Gasteiger charge is 2.19. The Morgan fingerprint density at radius 1 is 1.43 bits per heavy atom. The molecule has 0 aromatic carbocycles. The molecule has 0 spiro atoms. The lowest BCUT2D eigenvalue weighted by Gasteiger charge is -2.25. The third-order valence-electron chi connectivity index (χ3n) is 2.85. The molecule has 1 aliphatic heterocycles. The van der Waals surface area contributed by atoms with Crippen molar-refractivity contribution >= 4 is 0 Å². The van der Waals surface area contributed by atoms with Gasteiger partial charge in [0.05, 0.1) is 11.4 Å². The van der Waals surface area contributed by atoms with Gasteiger partial charge in [-0.25, -0.2) is 4.98 Å². The van der Waals surface area contributed by atoms with Crippen molar-refractivity contribution in [1.29, 1.82) is 0 Å². The predicted molar refractivity (Wildman–Crippen MR) is 56.1 cm³/mol. The van der Waals surface area contributed by atoms with Crippen LogP contribution < -0.4 is 5.73 Å². The maximum Gasteiger partial charge on any atom is 0.106 e. The second-order valence-corrected chi connectivity index (χ2v) is 3.98. The van der Waals surface area contributed by atoms with E-state index in [0.717, 1.165) is 31.9 Å². The van der Waals surface area contributed by atoms with Crippen LogP contribution in [-0.4, -0.2) is 34.6 Å². The van der Waals surface area contributed by atoms with E-state index in [1.807, 2.05) is 0 Å². The number of nitrogens with two attached hydrogens (primary N) is 1. The standard InChI is InChI=1S/C10H18N4/c1-8-12-9(3-4-11)10-7-13(2)5-6-14(8)10/h3-7,11H2,1-2H3. The Bertz CT molecular complexity index is 329. The molecule has 4 heteroatoms. The Hall–Kier alpha value is -0.870. The molecule has 0 fully saturated rings. The van der Waals surface area contributed by atoms with Crippen molar-refractivity contribution in [2.45, 2.75) is 26.4 Å². The van der Waals surface area contributed by atoms with Gasteiger partial charge in [-0.3, -0.25) is 4.90 Å². The summed E-state index contributed by atoms with van der Waals surface area (Å²) in [7, 11) is 2.15. The maximum atomic E-state index is 5.57. The van der Waals surface area contributed by atoms with E-state index in [0.29, 0.717) is 6.54 Å². The van der Waals surface area contributed by atoms with E-state index in [1.165, 1.54) is 11.4 Å². The fourth-order valence-electron chi connectivity index (χ4n) is 2.09. The third kappa shape index (κ3) is 1.55. The molecule has 4 nitrogen and oxygen atoms in total. The minimum Gasteiger partial charge on any atom is -0.330 e. The molecular formula is C10H18N4. The molecule has 0 saturated carbocycles. The smallest absolute Gasteiger partial charge is 0.106 e. The highest BCUT2D eigenvalue weighted by Crippen LogP contribution is 2.17. The maximum absolute atomic E-state index is 5.57. The Kier molecular flexibility index (Phi) is 2.56. The van der Waals surface area contributed by atoms with E-state index < -0.39 is 0 Å². The Balaban J connectivity index is 2.34. The van der Waals surface area contributed by atoms with E-state index in [4.69, 9.17) is 5.73 Å². The van der Waals surface area contributed by atoms with Crippen molar-refractivity contribution in [3.8, 4) is 0 Å². The van der Waals surface area contributed by atoms with Crippen LogP contribution in [0.4, 0.5) is 0 Å². The predicted octanol–water partition coefficient (Wildman–Crippen LogP) is 0.138. The summed E-state index contributed by atoms with van der Waals surface area (Å²) in [5, 5.41) is 0. The van der Waals surface area contributed by atoms with Crippen LogP contribution in [0.3, 0.4) is 0 Å². The van der Waals surface area contributed by atoms with E-state index in [1.54, 1.807) is 0 Å². The summed E-state index contributed by atoms with van der Waals surface area (Å²) < 4.78 is 2.32. The molecule has 2 N–H and O–H groups in total. The zero-order chi connectivity index (χ0) is 10.1. The van der Waals surface area contributed by atoms with Gasteiger partial charge in [-0.15, -0.1) is 0 Å². The lowest BCUT2D eigenvalue weighted by molar-refractivity contribution is 0.267. The summed E-state index contributed by atoms with van der Waals surface area (Å²) in [6, 6.07) is 0. The van der Waals surface area contributed by atoms with Gasteiger partial charge < -0.3 is 10.3 Å². The van der Waals surface area contributed by atoms with E-state index in [9.17, 15) is 0 Å². The van der Waals surface area contributed by atoms with E-state index >= 15 is 0 Å². The van der Waals surface area contributed by atoms with Crippen molar-refractivity contribution in [2.75, 3.05) is 20.1 Å². The Morgan fingerprint density at radius 3 is 2.93 bits per heavy atom. The molecule has 0 bridgehead atoms. The molecule has 14 heavy (non-hydrogen) atoms. The SMILES string of the molecule is Cc1nc(CCN)c2n1CCN(C)C2. The monoisotopic (exact) mass is 194 g/mol. The van der Waals surface area contributed by atoms with Gasteiger partial charge in [0.15, 0.2) is 0 Å². The quantitative estimate of drug-likeness (QED) is 0.728. The first-order valence-corrected chi connectivity index (χ1v) is 5.16. The highest BCUT2D eigenvalue weighted by molar-refractivity contribution is 5.19. The van der Waals surface area contributed by atoms with Crippen molar-refractivity contribution in [1.82, 2.24) is 14.5 Å². The molecule has 2 heterocycles. The van der Waals surface area contributed by atoms with Crippen LogP contribution in [0.15, 0.2) is 0 Å². The first-order valence-electron chi connectivity index (χ1n) is 5.16. The van der Waals surface area contributed by atoms with Gasteiger partial charge in [-0.2, -0.15) is 0 Å². The largest absolute Gasteiger partial charge is 0.330 e. The van der Waals surface area contributed by atoms with Gasteiger partial charge in [0.25, 0.3) is 0 Å². The summed E-state index contributed by atoms with van der Waals surface area (Å²) in [5.41, 5.74) is 8.13. The highest BCUT2D eigenvalue weighted by atomic mass is 15.2. The third-order valence-corrected chi connectivity index (χ3v) is 2.85. The summed E-state index contributed by atoms with van der Waals surface area (Å²) in [6.45, 7) is 5.96. The lowest BCUT2D eigenvalue weighted by Crippen LogP contribution is -2.31. The van der Waals surface area contributed by atoms with Gasteiger partial charge in [0, 0.05) is 26.1 Å². The number of rotatable bonds is 2. The average Bonchev–Trinajstić information content (AvgIpc) is 2.44. The normalized spacial score (nSPS) is 17.1. The fourth-order valence-corrected chi connectivity index (χ4v) is 2.09. The number of nitrogens with zero attached hydrogens (tertiary/aromatic N) is 3. The van der Waals surface area contributed by atoms with Crippen molar-refractivity contribution < 1.29 is 0 Å². The van der Waals surface area contributed by atoms with Crippen LogP contribution in [-0.2, 0) is 19.5 Å². The van der Waals surface area contributed by atoms with Gasteiger partial charge in [-0.05, 0) is 20.5 Å². The molecule has 0 saturated heterocycles. The fraction of sp³-hybridized carbons (Fsp3) is 0.700. The number of hydrogen-bond donors (Lipinski definition) is 1. The molecule has 0 amide bonds. The molecule has 0 aliphatic carbocycles. The molecule has 78 valence electrons. The Morgan fingerprint density at radius 2 is 2.21 bits per heavy atom. The van der Waals surface area contributed by atoms with E-state index in [-0.39, 0.29) is 0 Å². The van der Waals surface area contributed by atoms with Gasteiger partial charge in [0.2, 0.25) is 0 Å². The van der Waals surface area contributed by atoms with Gasteiger partial charge >= 0.3 is 0 Å². The first kappa shape index (κ1) is 9.68. The number of likely N-dealkylation sites (N-methyl/N-ethyl adjacent to an activating group) is 1. The van der Waals surface area contributed by atoms with Crippen LogP contribution >= 0.6 is 0 Å². The molecule has 2 rings (SSSR count). The summed E-state index contributed by atoms with van der Waals surface area (Å²) in [6.07, 6.45) is 0.900. The average molecular weight is 194 g/mol. The molecule has 1 aromatic rings. The molecule has 0 atom stereocenters. The molecule has 1 aliphatic rings. The van der Waals surface area contributed by atoms with Crippen LogP contribution in [0.1, 0.15) is 17.2 Å². The van der Waals surface area contributed by atoms with Gasteiger partial charge in [-0.1, -0.05) is 0 Å². The number of hydrogen-bond acceptors (Lipinski definition) is 3. The minimum atomic E-state index is 0.688. The molecule has 0 unspecified atom stereocenters. The number of imidazole rings is 1. The number of fused-ring (bicyclic) bond motifs is 1. The first-order chi connectivity index (χ1) is 6.72. The zero-order valence-corrected chi connectivity index (χ0v) is 8.95. The molecule has 0 radical (unpaired) electrons. The second-order valence-electron chi connectivity index (χ2n) is 3.98. The van der Waals surface area contributed by atoms with Crippen LogP contribution in [0.5, 0.6) is 0 Å². The summed E-state index contributed by atoms with van der Waals surface area (Å²) in [5.74, 6) is 1.14. The van der Waals surface area contributed by atoms with Crippen molar-refractivity contribution in [2.24, 2.45) is 5.73 Å². The number of aromatic nitrogens is 2. The van der Waals surface area contributed by atoms with Gasteiger partial charge in [0.1, 0.15) is 5.82 Å². The van der Waals surface area contributed by atoms with Crippen LogP contribution in [0, 0.1) is 6.92 Å². The second kappa shape index (κ2) is 3.71. The number of aryl methyl sites for hydroxylation is 1. The summed E-state index contributed by atoms with van der Waals surface area (Å²) >= 11 is 0. The van der Waals surface area contributed by atoms with E-state index in [2.05, 4.69) is 28.4 Å². The molecular weight excluding hydrogens is 176 g/mol. The van der Waals surface area contributed by atoms with Crippen molar-refractivity contribution in [3.05, 3.63) is 17.2 Å².